The highest BCUT2D eigenvalue weighted by atomic mass is 19.4. The molecule has 1 rings (SSSR count). The highest BCUT2D eigenvalue weighted by Gasteiger charge is 2.41. The van der Waals surface area contributed by atoms with Gasteiger partial charge in [-0.2, -0.15) is 26.3 Å². The first kappa shape index (κ1) is 15.8. The lowest BCUT2D eigenvalue weighted by Gasteiger charge is -2.14. The number of halogens is 6. The Morgan fingerprint density at radius 3 is 2.16 bits per heavy atom. The van der Waals surface area contributed by atoms with E-state index in [0.29, 0.717) is 12.2 Å². The molecule has 1 aliphatic carbocycles. The van der Waals surface area contributed by atoms with Crippen molar-refractivity contribution in [3.63, 3.8) is 0 Å². The van der Waals surface area contributed by atoms with E-state index >= 15 is 0 Å². The Kier molecular flexibility index (Phi) is 4.50. The van der Waals surface area contributed by atoms with Crippen LogP contribution in [-0.2, 0) is 4.74 Å². The molecule has 0 aromatic rings. The molecule has 0 saturated carbocycles. The first-order valence-electron chi connectivity index (χ1n) is 5.34. The maximum absolute atomic E-state index is 12.7. The van der Waals surface area contributed by atoms with Crippen LogP contribution in [-0.4, -0.2) is 25.6 Å². The molecule has 0 aromatic carbocycles. The van der Waals surface area contributed by atoms with Crippen molar-refractivity contribution in [1.29, 1.82) is 0 Å². The Balaban J connectivity index is 3.24. The van der Waals surface area contributed by atoms with Gasteiger partial charge < -0.3 is 4.74 Å². The van der Waals surface area contributed by atoms with Crippen molar-refractivity contribution in [3.05, 3.63) is 35.5 Å². The van der Waals surface area contributed by atoms with Crippen molar-refractivity contribution in [2.75, 3.05) is 7.11 Å². The van der Waals surface area contributed by atoms with E-state index in [1.807, 2.05) is 0 Å². The average molecular weight is 286 g/mol. The minimum Gasteiger partial charge on any atom is -0.377 e. The fourth-order valence-corrected chi connectivity index (χ4v) is 1.51. The quantitative estimate of drug-likeness (QED) is 0.692. The third kappa shape index (κ3) is 4.12. The number of ether oxygens (including phenoxy) is 1. The zero-order chi connectivity index (χ0) is 14.8. The molecule has 7 heteroatoms. The lowest BCUT2D eigenvalue weighted by Crippen LogP contribution is -2.21. The van der Waals surface area contributed by atoms with Gasteiger partial charge in [0.1, 0.15) is 0 Å². The Morgan fingerprint density at radius 1 is 1.16 bits per heavy atom. The fraction of sp³-hybridized carbons (Fsp3) is 0.500. The molecule has 0 aromatic heterocycles. The minimum absolute atomic E-state index is 0.0397. The molecule has 108 valence electrons. The lowest BCUT2D eigenvalue weighted by atomic mass is 10.1. The van der Waals surface area contributed by atoms with Crippen LogP contribution >= 0.6 is 0 Å². The molecule has 0 aliphatic heterocycles. The Labute approximate surface area is 106 Å². The largest absolute Gasteiger partial charge is 0.416 e. The van der Waals surface area contributed by atoms with E-state index in [0.717, 1.165) is 6.08 Å². The normalized spacial score (nSPS) is 22.6. The molecule has 0 radical (unpaired) electrons. The first-order valence-corrected chi connectivity index (χ1v) is 5.34. The second-order valence-corrected chi connectivity index (χ2v) is 4.07. The van der Waals surface area contributed by atoms with Crippen molar-refractivity contribution in [2.45, 2.75) is 25.4 Å². The van der Waals surface area contributed by atoms with Gasteiger partial charge in [-0.05, 0) is 18.6 Å². The maximum Gasteiger partial charge on any atom is 0.416 e. The monoisotopic (exact) mass is 286 g/mol. The van der Waals surface area contributed by atoms with Crippen LogP contribution < -0.4 is 0 Å². The Hall–Kier alpha value is -1.24. The van der Waals surface area contributed by atoms with Gasteiger partial charge in [0.15, 0.2) is 0 Å². The van der Waals surface area contributed by atoms with Gasteiger partial charge in [-0.15, -0.1) is 0 Å². The molecular weight excluding hydrogens is 274 g/mol. The van der Waals surface area contributed by atoms with E-state index in [-0.39, 0.29) is 11.6 Å². The number of hydrogen-bond donors (Lipinski definition) is 0. The van der Waals surface area contributed by atoms with E-state index < -0.39 is 29.9 Å². The molecular formula is C12H12F6O. The molecule has 0 spiro atoms. The second-order valence-electron chi connectivity index (χ2n) is 4.07. The van der Waals surface area contributed by atoms with Crippen LogP contribution in [0.2, 0.25) is 0 Å². The van der Waals surface area contributed by atoms with E-state index in [2.05, 4.69) is 0 Å². The summed E-state index contributed by atoms with van der Waals surface area (Å²) in [6, 6.07) is 0. The molecule has 1 unspecified atom stereocenters. The fourth-order valence-electron chi connectivity index (χ4n) is 1.51. The van der Waals surface area contributed by atoms with Crippen molar-refractivity contribution in [1.82, 2.24) is 0 Å². The predicted molar refractivity (Wildman–Crippen MR) is 57.4 cm³/mol. The SMILES string of the molecule is CO[C@H](C)C1=CC(C(F)(F)F)=CC(C(F)(F)F)C=C1. The Morgan fingerprint density at radius 2 is 1.74 bits per heavy atom. The molecule has 19 heavy (non-hydrogen) atoms. The summed E-state index contributed by atoms with van der Waals surface area (Å²) in [5, 5.41) is 0. The van der Waals surface area contributed by atoms with Gasteiger partial charge >= 0.3 is 12.4 Å². The third-order valence-electron chi connectivity index (χ3n) is 2.71. The van der Waals surface area contributed by atoms with E-state index in [1.54, 1.807) is 0 Å². The van der Waals surface area contributed by atoms with Gasteiger partial charge in [0, 0.05) is 7.11 Å². The Bertz CT molecular complexity index is 413. The molecule has 0 bridgehead atoms. The number of allylic oxidation sites excluding steroid dienone is 4. The van der Waals surface area contributed by atoms with Gasteiger partial charge in [-0.1, -0.05) is 18.2 Å². The lowest BCUT2D eigenvalue weighted by molar-refractivity contribution is -0.149. The smallest absolute Gasteiger partial charge is 0.377 e. The molecule has 1 nitrogen and oxygen atoms in total. The standard InChI is InChI=1S/C12H12F6O/c1-7(19-2)8-3-4-9(11(13,14)15)6-10(5-8)12(16,17)18/h3-7,9H,1-2H3/t7-,9?/m1/s1. The zero-order valence-corrected chi connectivity index (χ0v) is 10.1. The summed E-state index contributed by atoms with van der Waals surface area (Å²) in [6.45, 7) is 1.46. The van der Waals surface area contributed by atoms with Crippen molar-refractivity contribution >= 4 is 0 Å². The summed E-state index contributed by atoms with van der Waals surface area (Å²) in [7, 11) is 1.27. The molecule has 1 aliphatic rings. The third-order valence-corrected chi connectivity index (χ3v) is 2.71. The van der Waals surface area contributed by atoms with Crippen LogP contribution in [0.1, 0.15) is 6.92 Å². The highest BCUT2D eigenvalue weighted by molar-refractivity contribution is 5.39. The second kappa shape index (κ2) is 5.40. The first-order chi connectivity index (χ1) is 8.55. The molecule has 0 amide bonds. The van der Waals surface area contributed by atoms with Crippen LogP contribution in [0.5, 0.6) is 0 Å². The van der Waals surface area contributed by atoms with Crippen LogP contribution in [0.15, 0.2) is 35.5 Å². The van der Waals surface area contributed by atoms with Crippen LogP contribution in [0.3, 0.4) is 0 Å². The molecule has 2 atom stereocenters. The van der Waals surface area contributed by atoms with E-state index in [4.69, 9.17) is 4.74 Å². The van der Waals surface area contributed by atoms with E-state index in [9.17, 15) is 26.3 Å². The maximum atomic E-state index is 12.7. The van der Waals surface area contributed by atoms with Gasteiger partial charge in [-0.25, -0.2) is 0 Å². The summed E-state index contributed by atoms with van der Waals surface area (Å²) >= 11 is 0. The summed E-state index contributed by atoms with van der Waals surface area (Å²) in [4.78, 5) is 0. The number of rotatable bonds is 2. The number of hydrogen-bond acceptors (Lipinski definition) is 1. The summed E-state index contributed by atoms with van der Waals surface area (Å²) in [6.07, 6.45) is -7.76. The van der Waals surface area contributed by atoms with Gasteiger partial charge in [0.25, 0.3) is 0 Å². The minimum atomic E-state index is -4.84. The number of alkyl halides is 6. The summed E-state index contributed by atoms with van der Waals surface area (Å²) in [5.74, 6) is -2.26. The van der Waals surface area contributed by atoms with Crippen molar-refractivity contribution in [3.8, 4) is 0 Å². The number of methoxy groups -OCH3 is 1. The molecule has 0 fully saturated rings. The van der Waals surface area contributed by atoms with Crippen LogP contribution in [0.4, 0.5) is 26.3 Å². The van der Waals surface area contributed by atoms with Crippen molar-refractivity contribution < 1.29 is 31.1 Å². The van der Waals surface area contributed by atoms with Gasteiger partial charge in [0.05, 0.1) is 17.6 Å². The zero-order valence-electron chi connectivity index (χ0n) is 10.1. The topological polar surface area (TPSA) is 9.23 Å². The summed E-state index contributed by atoms with van der Waals surface area (Å²) < 4.78 is 80.6. The highest BCUT2D eigenvalue weighted by Crippen LogP contribution is 2.37. The molecule has 0 heterocycles. The average Bonchev–Trinajstić information content (AvgIpc) is 2.49. The van der Waals surface area contributed by atoms with E-state index in [1.165, 1.54) is 14.0 Å². The van der Waals surface area contributed by atoms with Crippen molar-refractivity contribution in [2.24, 2.45) is 5.92 Å². The molecule has 0 saturated heterocycles. The van der Waals surface area contributed by atoms with Crippen LogP contribution in [0, 0.1) is 5.92 Å². The van der Waals surface area contributed by atoms with Gasteiger partial charge in [-0.3, -0.25) is 0 Å². The van der Waals surface area contributed by atoms with Crippen LogP contribution in [0.25, 0.3) is 0 Å². The molecule has 0 N–H and O–H groups in total. The summed E-state index contributed by atoms with van der Waals surface area (Å²) in [5.41, 5.74) is -1.28. The van der Waals surface area contributed by atoms with Gasteiger partial charge in [0.2, 0.25) is 0 Å². The predicted octanol–water partition coefficient (Wildman–Crippen LogP) is 4.18.